The molecule has 5 nitrogen and oxygen atoms in total. The second-order valence-electron chi connectivity index (χ2n) is 4.48. The molecule has 0 heterocycles. The van der Waals surface area contributed by atoms with E-state index in [0.29, 0.717) is 29.5 Å². The number of amides is 1. The van der Waals surface area contributed by atoms with E-state index in [1.165, 1.54) is 0 Å². The van der Waals surface area contributed by atoms with Crippen LogP contribution in [0.15, 0.2) is 22.7 Å². The van der Waals surface area contributed by atoms with E-state index >= 15 is 0 Å². The third kappa shape index (κ3) is 4.94. The number of carboxylic acids is 1. The molecule has 0 aliphatic heterocycles. The Kier molecular flexibility index (Phi) is 6.67. The van der Waals surface area contributed by atoms with Gasteiger partial charge in [-0.2, -0.15) is 0 Å². The lowest BCUT2D eigenvalue weighted by molar-refractivity contribution is -0.139. The summed E-state index contributed by atoms with van der Waals surface area (Å²) in [7, 11) is 1.55. The van der Waals surface area contributed by atoms with Gasteiger partial charge in [-0.15, -0.1) is 0 Å². The fraction of sp³-hybridized carbons (Fsp3) is 0.429. The molecule has 0 spiro atoms. The molecule has 1 amide bonds. The lowest BCUT2D eigenvalue weighted by Gasteiger charge is -2.15. The zero-order chi connectivity index (χ0) is 15.1. The molecule has 6 heteroatoms. The fourth-order valence-corrected chi connectivity index (χ4v) is 2.16. The van der Waals surface area contributed by atoms with E-state index in [4.69, 9.17) is 9.84 Å². The summed E-state index contributed by atoms with van der Waals surface area (Å²) in [4.78, 5) is 23.3. The molecule has 0 aromatic heterocycles. The van der Waals surface area contributed by atoms with Crippen molar-refractivity contribution in [2.75, 3.05) is 13.7 Å². The highest BCUT2D eigenvalue weighted by Crippen LogP contribution is 2.18. The Balaban J connectivity index is 2.75. The van der Waals surface area contributed by atoms with Crippen molar-refractivity contribution in [3.8, 4) is 0 Å². The molecule has 20 heavy (non-hydrogen) atoms. The summed E-state index contributed by atoms with van der Waals surface area (Å²) >= 11 is 3.29. The molecular weight excluding hydrogens is 326 g/mol. The second-order valence-corrected chi connectivity index (χ2v) is 5.34. The summed E-state index contributed by atoms with van der Waals surface area (Å²) in [5.41, 5.74) is 1.37. The zero-order valence-electron chi connectivity index (χ0n) is 11.5. The predicted molar refractivity (Wildman–Crippen MR) is 78.9 cm³/mol. The van der Waals surface area contributed by atoms with E-state index < -0.39 is 17.9 Å². The first-order chi connectivity index (χ1) is 9.45. The number of carboxylic acid groups (broad SMARTS) is 1. The Morgan fingerprint density at radius 2 is 2.15 bits per heavy atom. The first-order valence-electron chi connectivity index (χ1n) is 6.24. The van der Waals surface area contributed by atoms with Gasteiger partial charge < -0.3 is 15.2 Å². The SMILES string of the molecule is COCCCC(NC(=O)c1cc(C)ccc1Br)C(=O)O. The maximum atomic E-state index is 12.1. The van der Waals surface area contributed by atoms with Crippen molar-refractivity contribution < 1.29 is 19.4 Å². The summed E-state index contributed by atoms with van der Waals surface area (Å²) < 4.78 is 5.52. The maximum absolute atomic E-state index is 12.1. The van der Waals surface area contributed by atoms with Crippen LogP contribution < -0.4 is 5.32 Å². The highest BCUT2D eigenvalue weighted by Gasteiger charge is 2.21. The number of rotatable bonds is 7. The van der Waals surface area contributed by atoms with Crippen LogP contribution in [0.25, 0.3) is 0 Å². The van der Waals surface area contributed by atoms with Crippen LogP contribution in [-0.4, -0.2) is 36.7 Å². The average molecular weight is 344 g/mol. The summed E-state index contributed by atoms with van der Waals surface area (Å²) in [6.45, 7) is 2.34. The van der Waals surface area contributed by atoms with Gasteiger partial charge in [0.25, 0.3) is 5.91 Å². The number of hydrogen-bond donors (Lipinski definition) is 2. The van der Waals surface area contributed by atoms with Gasteiger partial charge in [0.1, 0.15) is 6.04 Å². The predicted octanol–water partition coefficient (Wildman–Crippen LogP) is 2.37. The number of benzene rings is 1. The largest absolute Gasteiger partial charge is 0.480 e. The van der Waals surface area contributed by atoms with Crippen LogP contribution in [-0.2, 0) is 9.53 Å². The van der Waals surface area contributed by atoms with E-state index in [-0.39, 0.29) is 0 Å². The lowest BCUT2D eigenvalue weighted by atomic mass is 10.1. The number of ether oxygens (including phenoxy) is 1. The molecule has 110 valence electrons. The zero-order valence-corrected chi connectivity index (χ0v) is 13.1. The van der Waals surface area contributed by atoms with Crippen LogP contribution in [0.1, 0.15) is 28.8 Å². The third-order valence-electron chi connectivity index (χ3n) is 2.81. The quantitative estimate of drug-likeness (QED) is 0.745. The Morgan fingerprint density at radius 3 is 2.75 bits per heavy atom. The van der Waals surface area contributed by atoms with Gasteiger partial charge in [-0.25, -0.2) is 4.79 Å². The Morgan fingerprint density at radius 1 is 1.45 bits per heavy atom. The number of aryl methyl sites for hydroxylation is 1. The monoisotopic (exact) mass is 343 g/mol. The van der Waals surface area contributed by atoms with Crippen molar-refractivity contribution in [2.24, 2.45) is 0 Å². The topological polar surface area (TPSA) is 75.6 Å². The minimum absolute atomic E-state index is 0.332. The standard InChI is InChI=1S/C14H18BrNO4/c1-9-5-6-11(15)10(8-9)13(17)16-12(14(18)19)4-3-7-20-2/h5-6,8,12H,3-4,7H2,1-2H3,(H,16,17)(H,18,19). The van der Waals surface area contributed by atoms with Crippen molar-refractivity contribution in [1.82, 2.24) is 5.32 Å². The smallest absolute Gasteiger partial charge is 0.326 e. The van der Waals surface area contributed by atoms with E-state index in [0.717, 1.165) is 5.56 Å². The van der Waals surface area contributed by atoms with Crippen LogP contribution in [0.2, 0.25) is 0 Å². The van der Waals surface area contributed by atoms with Crippen LogP contribution in [0.5, 0.6) is 0 Å². The summed E-state index contributed by atoms with van der Waals surface area (Å²) in [5.74, 6) is -1.44. The van der Waals surface area contributed by atoms with Gasteiger partial charge in [0.15, 0.2) is 0 Å². The van der Waals surface area contributed by atoms with Crippen LogP contribution in [0.4, 0.5) is 0 Å². The summed E-state index contributed by atoms with van der Waals surface area (Å²) in [5, 5.41) is 11.7. The summed E-state index contributed by atoms with van der Waals surface area (Å²) in [6.07, 6.45) is 0.904. The molecule has 0 saturated carbocycles. The van der Waals surface area contributed by atoms with Gasteiger partial charge in [-0.3, -0.25) is 4.79 Å². The van der Waals surface area contributed by atoms with Crippen molar-refractivity contribution in [3.63, 3.8) is 0 Å². The van der Waals surface area contributed by atoms with E-state index in [2.05, 4.69) is 21.2 Å². The highest BCUT2D eigenvalue weighted by molar-refractivity contribution is 9.10. The number of methoxy groups -OCH3 is 1. The van der Waals surface area contributed by atoms with E-state index in [1.807, 2.05) is 13.0 Å². The van der Waals surface area contributed by atoms with Gasteiger partial charge >= 0.3 is 5.97 Å². The molecule has 1 rings (SSSR count). The van der Waals surface area contributed by atoms with Crippen LogP contribution in [0.3, 0.4) is 0 Å². The Labute approximate surface area is 126 Å². The van der Waals surface area contributed by atoms with Gasteiger partial charge in [0, 0.05) is 18.2 Å². The molecule has 0 aliphatic carbocycles. The minimum atomic E-state index is -1.04. The Hall–Kier alpha value is -1.40. The summed E-state index contributed by atoms with van der Waals surface area (Å²) in [6, 6.07) is 4.44. The molecule has 0 radical (unpaired) electrons. The molecule has 1 unspecified atom stereocenters. The molecule has 0 fully saturated rings. The van der Waals surface area contributed by atoms with E-state index in [1.54, 1.807) is 19.2 Å². The van der Waals surface area contributed by atoms with Gasteiger partial charge in [-0.05, 0) is 47.8 Å². The Bertz CT molecular complexity index is 490. The number of nitrogens with one attached hydrogen (secondary N) is 1. The van der Waals surface area contributed by atoms with Gasteiger partial charge in [0.05, 0.1) is 5.56 Å². The molecule has 1 atom stereocenters. The highest BCUT2D eigenvalue weighted by atomic mass is 79.9. The van der Waals surface area contributed by atoms with Crippen LogP contribution in [0, 0.1) is 6.92 Å². The molecular formula is C14H18BrNO4. The molecule has 0 bridgehead atoms. The maximum Gasteiger partial charge on any atom is 0.326 e. The first kappa shape index (κ1) is 16.7. The van der Waals surface area contributed by atoms with E-state index in [9.17, 15) is 9.59 Å². The fourth-order valence-electron chi connectivity index (χ4n) is 1.74. The first-order valence-corrected chi connectivity index (χ1v) is 7.03. The third-order valence-corrected chi connectivity index (χ3v) is 3.50. The van der Waals surface area contributed by atoms with Gasteiger partial charge in [-0.1, -0.05) is 11.6 Å². The minimum Gasteiger partial charge on any atom is -0.480 e. The lowest BCUT2D eigenvalue weighted by Crippen LogP contribution is -2.41. The van der Waals surface area contributed by atoms with Crippen molar-refractivity contribution in [2.45, 2.75) is 25.8 Å². The average Bonchev–Trinajstić information content (AvgIpc) is 2.40. The normalized spacial score (nSPS) is 11.9. The van der Waals surface area contributed by atoms with Crippen molar-refractivity contribution in [1.29, 1.82) is 0 Å². The molecule has 0 aliphatic rings. The second kappa shape index (κ2) is 8.01. The molecule has 1 aromatic rings. The number of carbonyl (C=O) groups excluding carboxylic acids is 1. The van der Waals surface area contributed by atoms with Gasteiger partial charge in [0.2, 0.25) is 0 Å². The molecule has 1 aromatic carbocycles. The van der Waals surface area contributed by atoms with Crippen LogP contribution >= 0.6 is 15.9 Å². The molecule has 2 N–H and O–H groups in total. The number of halogens is 1. The van der Waals surface area contributed by atoms with Crippen molar-refractivity contribution >= 4 is 27.8 Å². The number of carbonyl (C=O) groups is 2. The number of aliphatic carboxylic acids is 1. The number of hydrogen-bond acceptors (Lipinski definition) is 3. The van der Waals surface area contributed by atoms with Crippen molar-refractivity contribution in [3.05, 3.63) is 33.8 Å². The molecule has 0 saturated heterocycles.